The Balaban J connectivity index is 2.20. The number of carbonyl (C=O) groups is 2. The van der Waals surface area contributed by atoms with E-state index in [2.05, 4.69) is 5.32 Å². The van der Waals surface area contributed by atoms with E-state index in [1.165, 1.54) is 31.3 Å². The van der Waals surface area contributed by atoms with Gasteiger partial charge in [-0.1, -0.05) is 6.92 Å². The summed E-state index contributed by atoms with van der Waals surface area (Å²) in [6, 6.07) is 6.20. The van der Waals surface area contributed by atoms with E-state index >= 15 is 0 Å². The zero-order valence-electron chi connectivity index (χ0n) is 16.2. The van der Waals surface area contributed by atoms with Gasteiger partial charge in [0.05, 0.1) is 19.9 Å². The largest absolute Gasteiger partial charge is 0.497 e. The average Bonchev–Trinajstić information content (AvgIpc) is 2.72. The number of carbonyl (C=O) groups excluding carboxylic acids is 2. The Morgan fingerprint density at radius 2 is 1.62 bits per heavy atom. The highest BCUT2D eigenvalue weighted by atomic mass is 19.2. The van der Waals surface area contributed by atoms with Crippen LogP contribution in [0.2, 0.25) is 0 Å². The van der Waals surface area contributed by atoms with Gasteiger partial charge < -0.3 is 19.7 Å². The van der Waals surface area contributed by atoms with Gasteiger partial charge in [0.15, 0.2) is 17.5 Å². The van der Waals surface area contributed by atoms with Crippen molar-refractivity contribution in [3.8, 4) is 11.5 Å². The first kappa shape index (κ1) is 22.1. The first-order valence-electron chi connectivity index (χ1n) is 8.76. The number of hydrogen-bond acceptors (Lipinski definition) is 4. The van der Waals surface area contributed by atoms with Crippen LogP contribution in [0.1, 0.15) is 23.7 Å². The molecule has 2 rings (SSSR count). The molecule has 0 heterocycles. The van der Waals surface area contributed by atoms with Crippen LogP contribution in [0.4, 0.5) is 18.9 Å². The van der Waals surface area contributed by atoms with Crippen LogP contribution in [-0.2, 0) is 4.79 Å². The normalized spacial score (nSPS) is 10.4. The molecule has 0 saturated carbocycles. The van der Waals surface area contributed by atoms with Crippen molar-refractivity contribution < 1.29 is 32.2 Å². The zero-order chi connectivity index (χ0) is 21.6. The average molecular weight is 410 g/mol. The van der Waals surface area contributed by atoms with Gasteiger partial charge in [-0.3, -0.25) is 9.59 Å². The smallest absolute Gasteiger partial charge is 0.254 e. The van der Waals surface area contributed by atoms with Crippen molar-refractivity contribution in [3.63, 3.8) is 0 Å². The third-order valence-corrected chi connectivity index (χ3v) is 4.02. The monoisotopic (exact) mass is 410 g/mol. The summed E-state index contributed by atoms with van der Waals surface area (Å²) in [4.78, 5) is 26.4. The summed E-state index contributed by atoms with van der Waals surface area (Å²) in [6.07, 6.45) is 0.555. The van der Waals surface area contributed by atoms with E-state index in [9.17, 15) is 22.8 Å². The third-order valence-electron chi connectivity index (χ3n) is 4.02. The number of nitrogens with one attached hydrogen (secondary N) is 1. The Bertz CT molecular complexity index is 883. The maximum atomic E-state index is 13.8. The quantitative estimate of drug-likeness (QED) is 0.675. The number of nitrogens with zero attached hydrogens (tertiary/aromatic N) is 1. The van der Waals surface area contributed by atoms with Gasteiger partial charge in [-0.2, -0.15) is 0 Å². The lowest BCUT2D eigenvalue weighted by Crippen LogP contribution is -2.38. The lowest BCUT2D eigenvalue weighted by atomic mass is 10.1. The molecule has 0 bridgehead atoms. The number of ether oxygens (including phenoxy) is 2. The van der Waals surface area contributed by atoms with Crippen molar-refractivity contribution in [2.75, 3.05) is 32.6 Å². The van der Waals surface area contributed by atoms with E-state index in [4.69, 9.17) is 9.47 Å². The number of halogens is 3. The Morgan fingerprint density at radius 1 is 1.00 bits per heavy atom. The Kier molecular flexibility index (Phi) is 7.46. The number of amides is 2. The summed E-state index contributed by atoms with van der Waals surface area (Å²) >= 11 is 0. The molecule has 0 radical (unpaired) electrons. The molecule has 2 aromatic carbocycles. The molecule has 2 amide bonds. The molecule has 0 aliphatic heterocycles. The fraction of sp³-hybridized carbons (Fsp3) is 0.300. The molecule has 0 aliphatic carbocycles. The summed E-state index contributed by atoms with van der Waals surface area (Å²) in [6.45, 7) is 1.65. The van der Waals surface area contributed by atoms with Crippen molar-refractivity contribution in [2.24, 2.45) is 0 Å². The third kappa shape index (κ3) is 5.40. The van der Waals surface area contributed by atoms with Crippen LogP contribution in [0.5, 0.6) is 11.5 Å². The van der Waals surface area contributed by atoms with Crippen LogP contribution in [0.15, 0.2) is 30.3 Å². The molecule has 0 saturated heterocycles. The minimum absolute atomic E-state index is 0.237. The van der Waals surface area contributed by atoms with Crippen LogP contribution in [0, 0.1) is 17.5 Å². The van der Waals surface area contributed by atoms with Crippen molar-refractivity contribution in [1.29, 1.82) is 0 Å². The summed E-state index contributed by atoms with van der Waals surface area (Å²) in [5.74, 6) is -4.99. The second-order valence-electron chi connectivity index (χ2n) is 6.10. The van der Waals surface area contributed by atoms with Crippen molar-refractivity contribution in [1.82, 2.24) is 4.90 Å². The lowest BCUT2D eigenvalue weighted by Gasteiger charge is -2.22. The highest BCUT2D eigenvalue weighted by molar-refractivity contribution is 5.99. The number of anilines is 1. The predicted octanol–water partition coefficient (Wildman–Crippen LogP) is 3.61. The van der Waals surface area contributed by atoms with Gasteiger partial charge in [0.2, 0.25) is 5.91 Å². The molecule has 2 aromatic rings. The summed E-state index contributed by atoms with van der Waals surface area (Å²) in [5, 5.41) is 2.15. The van der Waals surface area contributed by atoms with Gasteiger partial charge in [0.1, 0.15) is 18.0 Å². The second-order valence-corrected chi connectivity index (χ2v) is 6.10. The highest BCUT2D eigenvalue weighted by Crippen LogP contribution is 2.24. The Hall–Kier alpha value is -3.23. The summed E-state index contributed by atoms with van der Waals surface area (Å²) in [7, 11) is 2.88. The van der Waals surface area contributed by atoms with E-state index in [1.54, 1.807) is 6.07 Å². The highest BCUT2D eigenvalue weighted by Gasteiger charge is 2.21. The fourth-order valence-electron chi connectivity index (χ4n) is 2.62. The molecule has 0 spiro atoms. The number of benzene rings is 2. The van der Waals surface area contributed by atoms with E-state index in [1.807, 2.05) is 6.92 Å². The fourth-order valence-corrected chi connectivity index (χ4v) is 2.62. The van der Waals surface area contributed by atoms with Gasteiger partial charge >= 0.3 is 0 Å². The molecule has 156 valence electrons. The summed E-state index contributed by atoms with van der Waals surface area (Å²) in [5.41, 5.74) is -0.276. The molecular formula is C20H21F3N2O4. The maximum absolute atomic E-state index is 13.8. The molecule has 0 aliphatic rings. The molecule has 1 N–H and O–H groups in total. The van der Waals surface area contributed by atoms with Crippen LogP contribution in [-0.4, -0.2) is 44.0 Å². The lowest BCUT2D eigenvalue weighted by molar-refractivity contribution is -0.116. The van der Waals surface area contributed by atoms with Crippen LogP contribution in [0.25, 0.3) is 0 Å². The van der Waals surface area contributed by atoms with E-state index in [0.717, 1.165) is 6.07 Å². The molecule has 0 unspecified atom stereocenters. The zero-order valence-corrected chi connectivity index (χ0v) is 16.2. The van der Waals surface area contributed by atoms with Gasteiger partial charge in [0, 0.05) is 18.2 Å². The number of methoxy groups -OCH3 is 2. The Morgan fingerprint density at radius 3 is 2.17 bits per heavy atom. The minimum Gasteiger partial charge on any atom is -0.497 e. The topological polar surface area (TPSA) is 67.9 Å². The molecule has 9 heteroatoms. The SMILES string of the molecule is CCCN(CC(=O)Nc1ccc(F)c(F)c1F)C(=O)c1cc(OC)cc(OC)c1. The molecule has 0 aromatic heterocycles. The van der Waals surface area contributed by atoms with Crippen molar-refractivity contribution in [2.45, 2.75) is 13.3 Å². The van der Waals surface area contributed by atoms with Crippen molar-refractivity contribution >= 4 is 17.5 Å². The standard InChI is InChI=1S/C20H21F3N2O4/c1-4-7-25(20(27)12-8-13(28-2)10-14(9-12)29-3)11-17(26)24-16-6-5-15(21)18(22)19(16)23/h5-6,8-10H,4,7,11H2,1-3H3,(H,24,26). The summed E-state index contributed by atoms with van der Waals surface area (Å²) < 4.78 is 50.4. The van der Waals surface area contributed by atoms with Gasteiger partial charge in [-0.05, 0) is 30.7 Å². The molecular weight excluding hydrogens is 389 g/mol. The van der Waals surface area contributed by atoms with E-state index < -0.39 is 41.5 Å². The van der Waals surface area contributed by atoms with Crippen molar-refractivity contribution in [3.05, 3.63) is 53.3 Å². The van der Waals surface area contributed by atoms with E-state index in [-0.39, 0.29) is 12.1 Å². The molecule has 29 heavy (non-hydrogen) atoms. The molecule has 0 atom stereocenters. The van der Waals surface area contributed by atoms with Gasteiger partial charge in [0.25, 0.3) is 5.91 Å². The number of rotatable bonds is 8. The molecule has 0 fully saturated rings. The number of hydrogen-bond donors (Lipinski definition) is 1. The Labute approximate surface area is 166 Å². The second kappa shape index (κ2) is 9.81. The van der Waals surface area contributed by atoms with Crippen LogP contribution >= 0.6 is 0 Å². The van der Waals surface area contributed by atoms with E-state index in [0.29, 0.717) is 24.0 Å². The molecule has 6 nitrogen and oxygen atoms in total. The first-order valence-corrected chi connectivity index (χ1v) is 8.76. The van der Waals surface area contributed by atoms with Crippen LogP contribution < -0.4 is 14.8 Å². The van der Waals surface area contributed by atoms with Gasteiger partial charge in [-0.15, -0.1) is 0 Å². The van der Waals surface area contributed by atoms with Crippen LogP contribution in [0.3, 0.4) is 0 Å². The predicted molar refractivity (Wildman–Crippen MR) is 101 cm³/mol. The van der Waals surface area contributed by atoms with Gasteiger partial charge in [-0.25, -0.2) is 13.2 Å². The maximum Gasteiger partial charge on any atom is 0.254 e. The first-order chi connectivity index (χ1) is 13.8. The minimum atomic E-state index is -1.69.